The van der Waals surface area contributed by atoms with Gasteiger partial charge in [-0.3, -0.25) is 14.5 Å². The molecule has 1 saturated heterocycles. The second-order valence-electron chi connectivity index (χ2n) is 4.74. The van der Waals surface area contributed by atoms with E-state index in [-0.39, 0.29) is 12.5 Å². The zero-order chi connectivity index (χ0) is 13.5. The number of amides is 1. The van der Waals surface area contributed by atoms with Crippen molar-refractivity contribution in [2.75, 3.05) is 26.2 Å². The molecular weight excluding hydrogens is 232 g/mol. The van der Waals surface area contributed by atoms with E-state index in [1.165, 1.54) is 0 Å². The number of carboxylic acid groups (broad SMARTS) is 1. The van der Waals surface area contributed by atoms with Crippen LogP contribution in [0.3, 0.4) is 0 Å². The highest BCUT2D eigenvalue weighted by Crippen LogP contribution is 2.17. The lowest BCUT2D eigenvalue weighted by atomic mass is 10.1. The summed E-state index contributed by atoms with van der Waals surface area (Å²) in [6, 6.07) is -0.494. The van der Waals surface area contributed by atoms with Gasteiger partial charge in [0, 0.05) is 13.1 Å². The number of carbonyl (C=O) groups is 2. The molecule has 18 heavy (non-hydrogen) atoms. The maximum atomic E-state index is 12.0. The monoisotopic (exact) mass is 256 g/mol. The van der Waals surface area contributed by atoms with Gasteiger partial charge in [-0.2, -0.15) is 0 Å². The van der Waals surface area contributed by atoms with Crippen LogP contribution in [0.4, 0.5) is 0 Å². The fourth-order valence-corrected chi connectivity index (χ4v) is 2.49. The van der Waals surface area contributed by atoms with Crippen molar-refractivity contribution in [1.29, 1.82) is 0 Å². The molecule has 0 saturated carbocycles. The Morgan fingerprint density at radius 2 is 1.89 bits per heavy atom. The predicted molar refractivity (Wildman–Crippen MR) is 69.4 cm³/mol. The smallest absolute Gasteiger partial charge is 0.320 e. The number of nitrogens with zero attached hydrogens (tertiary/aromatic N) is 2. The van der Waals surface area contributed by atoms with Crippen LogP contribution in [0.25, 0.3) is 0 Å². The van der Waals surface area contributed by atoms with Gasteiger partial charge in [-0.25, -0.2) is 0 Å². The van der Waals surface area contributed by atoms with Crippen LogP contribution in [-0.2, 0) is 9.59 Å². The minimum absolute atomic E-state index is 0.0353. The summed E-state index contributed by atoms with van der Waals surface area (Å²) in [6.07, 6.45) is 3.63. The quantitative estimate of drug-likeness (QED) is 0.802. The van der Waals surface area contributed by atoms with Gasteiger partial charge in [0.15, 0.2) is 0 Å². The van der Waals surface area contributed by atoms with Crippen molar-refractivity contribution in [3.8, 4) is 0 Å². The molecular formula is C13H24N2O3. The molecule has 0 spiro atoms. The Labute approximate surface area is 109 Å². The van der Waals surface area contributed by atoms with Crippen molar-refractivity contribution < 1.29 is 14.7 Å². The number of carbonyl (C=O) groups excluding carboxylic acids is 1. The molecule has 1 N–H and O–H groups in total. The van der Waals surface area contributed by atoms with Gasteiger partial charge in [0.25, 0.3) is 0 Å². The third-order valence-electron chi connectivity index (χ3n) is 3.60. The van der Waals surface area contributed by atoms with E-state index in [2.05, 4.69) is 0 Å². The first-order chi connectivity index (χ1) is 8.60. The minimum atomic E-state index is -0.802. The zero-order valence-electron chi connectivity index (χ0n) is 11.4. The van der Waals surface area contributed by atoms with Crippen molar-refractivity contribution in [1.82, 2.24) is 9.80 Å². The average molecular weight is 256 g/mol. The van der Waals surface area contributed by atoms with Crippen LogP contribution in [-0.4, -0.2) is 59.0 Å². The lowest BCUT2D eigenvalue weighted by molar-refractivity contribution is -0.144. The van der Waals surface area contributed by atoms with Crippen molar-refractivity contribution in [2.45, 2.75) is 45.6 Å². The van der Waals surface area contributed by atoms with Gasteiger partial charge in [0.05, 0.1) is 6.54 Å². The second-order valence-corrected chi connectivity index (χ2v) is 4.74. The molecule has 0 aromatic carbocycles. The number of hydrogen-bond donors (Lipinski definition) is 1. The van der Waals surface area contributed by atoms with E-state index in [0.717, 1.165) is 19.3 Å². The Morgan fingerprint density at radius 1 is 1.22 bits per heavy atom. The SMILES string of the molecule is CCN(CC)C(=O)CN1CCCCCC1C(=O)O. The van der Waals surface area contributed by atoms with Gasteiger partial charge in [-0.05, 0) is 33.2 Å². The molecule has 1 unspecified atom stereocenters. The topological polar surface area (TPSA) is 60.9 Å². The van der Waals surface area contributed by atoms with Crippen LogP contribution in [0.1, 0.15) is 39.5 Å². The van der Waals surface area contributed by atoms with Crippen LogP contribution in [0.2, 0.25) is 0 Å². The van der Waals surface area contributed by atoms with Crippen LogP contribution >= 0.6 is 0 Å². The highest BCUT2D eigenvalue weighted by molar-refractivity contribution is 5.80. The Kier molecular flexibility index (Phi) is 6.12. The molecule has 0 radical (unpaired) electrons. The Bertz CT molecular complexity index is 290. The van der Waals surface area contributed by atoms with Gasteiger partial charge in [0.1, 0.15) is 6.04 Å². The number of rotatable bonds is 5. The Balaban J connectivity index is 2.65. The number of likely N-dealkylation sites (N-methyl/N-ethyl adjacent to an activating group) is 1. The fourth-order valence-electron chi connectivity index (χ4n) is 2.49. The maximum absolute atomic E-state index is 12.0. The molecule has 1 rings (SSSR count). The predicted octanol–water partition coefficient (Wildman–Crippen LogP) is 1.18. The number of carboxylic acids is 1. The van der Waals surface area contributed by atoms with Gasteiger partial charge in [-0.1, -0.05) is 12.8 Å². The van der Waals surface area contributed by atoms with E-state index in [1.807, 2.05) is 18.7 Å². The summed E-state index contributed by atoms with van der Waals surface area (Å²) in [5.74, 6) is -0.766. The number of likely N-dealkylation sites (tertiary alicyclic amines) is 1. The number of hydrogen-bond acceptors (Lipinski definition) is 3. The molecule has 1 atom stereocenters. The molecule has 0 aromatic heterocycles. The lowest BCUT2D eigenvalue weighted by Crippen LogP contribution is -2.47. The molecule has 1 amide bonds. The summed E-state index contributed by atoms with van der Waals surface area (Å²) in [7, 11) is 0. The standard InChI is InChI=1S/C13H24N2O3/c1-3-14(4-2)12(16)10-15-9-7-5-6-8-11(15)13(17)18/h11H,3-10H2,1-2H3,(H,17,18). The molecule has 104 valence electrons. The number of aliphatic carboxylic acids is 1. The summed E-state index contributed by atoms with van der Waals surface area (Å²) in [5.41, 5.74) is 0. The van der Waals surface area contributed by atoms with Crippen molar-refractivity contribution in [3.63, 3.8) is 0 Å². The summed E-state index contributed by atoms with van der Waals surface area (Å²) in [6.45, 7) is 6.20. The van der Waals surface area contributed by atoms with Crippen molar-refractivity contribution in [2.24, 2.45) is 0 Å². The minimum Gasteiger partial charge on any atom is -0.480 e. The first-order valence-electron chi connectivity index (χ1n) is 6.84. The summed E-state index contributed by atoms with van der Waals surface area (Å²) < 4.78 is 0. The fraction of sp³-hybridized carbons (Fsp3) is 0.846. The maximum Gasteiger partial charge on any atom is 0.320 e. The van der Waals surface area contributed by atoms with Gasteiger partial charge < -0.3 is 10.0 Å². The van der Waals surface area contributed by atoms with Crippen molar-refractivity contribution in [3.05, 3.63) is 0 Å². The highest BCUT2D eigenvalue weighted by atomic mass is 16.4. The molecule has 0 aliphatic carbocycles. The third-order valence-corrected chi connectivity index (χ3v) is 3.60. The van der Waals surface area contributed by atoms with E-state index in [0.29, 0.717) is 26.1 Å². The van der Waals surface area contributed by atoms with Gasteiger partial charge in [0.2, 0.25) is 5.91 Å². The lowest BCUT2D eigenvalue weighted by Gasteiger charge is -2.28. The zero-order valence-corrected chi connectivity index (χ0v) is 11.4. The largest absolute Gasteiger partial charge is 0.480 e. The first kappa shape index (κ1) is 15.0. The molecule has 1 aliphatic heterocycles. The molecule has 1 aliphatic rings. The molecule has 1 heterocycles. The van der Waals surface area contributed by atoms with Gasteiger partial charge >= 0.3 is 5.97 Å². The van der Waals surface area contributed by atoms with Crippen LogP contribution in [0, 0.1) is 0 Å². The highest BCUT2D eigenvalue weighted by Gasteiger charge is 2.29. The Morgan fingerprint density at radius 3 is 2.44 bits per heavy atom. The molecule has 5 heteroatoms. The molecule has 5 nitrogen and oxygen atoms in total. The Hall–Kier alpha value is -1.10. The van der Waals surface area contributed by atoms with Crippen LogP contribution in [0.5, 0.6) is 0 Å². The molecule has 0 bridgehead atoms. The molecule has 1 fully saturated rings. The second kappa shape index (κ2) is 7.36. The summed E-state index contributed by atoms with van der Waals surface area (Å²) in [4.78, 5) is 26.9. The summed E-state index contributed by atoms with van der Waals surface area (Å²) in [5, 5.41) is 9.23. The third kappa shape index (κ3) is 3.98. The normalized spacial score (nSPS) is 21.3. The first-order valence-corrected chi connectivity index (χ1v) is 6.84. The average Bonchev–Trinajstić information content (AvgIpc) is 2.56. The molecule has 0 aromatic rings. The van der Waals surface area contributed by atoms with E-state index in [1.54, 1.807) is 4.90 Å². The van der Waals surface area contributed by atoms with Crippen LogP contribution in [0.15, 0.2) is 0 Å². The van der Waals surface area contributed by atoms with Gasteiger partial charge in [-0.15, -0.1) is 0 Å². The van der Waals surface area contributed by atoms with E-state index >= 15 is 0 Å². The van der Waals surface area contributed by atoms with E-state index < -0.39 is 12.0 Å². The van der Waals surface area contributed by atoms with E-state index in [9.17, 15) is 14.7 Å². The van der Waals surface area contributed by atoms with E-state index in [4.69, 9.17) is 0 Å². The van der Waals surface area contributed by atoms with Crippen molar-refractivity contribution >= 4 is 11.9 Å². The van der Waals surface area contributed by atoms with Crippen LogP contribution < -0.4 is 0 Å². The summed E-state index contributed by atoms with van der Waals surface area (Å²) >= 11 is 0.